The number of Topliss-reactive ketones (excluding diaryl/α,β-unsaturated/α-hetero) is 1. The molecule has 2 aliphatic heterocycles. The van der Waals surface area contributed by atoms with Gasteiger partial charge in [0.1, 0.15) is 31.8 Å². The highest BCUT2D eigenvalue weighted by atomic mass is 16.6. The summed E-state index contributed by atoms with van der Waals surface area (Å²) in [5.41, 5.74) is -0.952. The van der Waals surface area contributed by atoms with Crippen LogP contribution in [0.2, 0.25) is 0 Å². The highest BCUT2D eigenvalue weighted by Gasteiger charge is 2.36. The number of amides is 6. The second-order valence-corrected chi connectivity index (χ2v) is 8.38. The summed E-state index contributed by atoms with van der Waals surface area (Å²) >= 11 is 0. The number of nitrogens with zero attached hydrogens (tertiary/aromatic N) is 4. The van der Waals surface area contributed by atoms with E-state index in [1.54, 1.807) is 20.8 Å². The van der Waals surface area contributed by atoms with Crippen molar-refractivity contribution in [3.63, 3.8) is 0 Å². The molecule has 6 amide bonds. The number of ether oxygens (including phenoxy) is 1. The van der Waals surface area contributed by atoms with Crippen LogP contribution < -0.4 is 0 Å². The topological polar surface area (TPSA) is 159 Å². The maximum Gasteiger partial charge on any atom is 0.328 e. The van der Waals surface area contributed by atoms with E-state index in [0.29, 0.717) is 19.8 Å². The summed E-state index contributed by atoms with van der Waals surface area (Å²) in [6, 6.07) is 0. The molecule has 0 aromatic carbocycles. The number of rotatable bonds is 8. The van der Waals surface area contributed by atoms with Gasteiger partial charge in [-0.3, -0.25) is 48.2 Å². The van der Waals surface area contributed by atoms with Crippen LogP contribution in [0, 0.1) is 0 Å². The predicted octanol–water partition coefficient (Wildman–Crippen LogP) is -1.66. The van der Waals surface area contributed by atoms with Crippen LogP contribution in [0.4, 0.5) is 0 Å². The van der Waals surface area contributed by atoms with Gasteiger partial charge < -0.3 is 4.74 Å². The number of hydrogen-bond acceptors (Lipinski definition) is 9. The molecule has 0 aromatic heterocycles. The lowest BCUT2D eigenvalue weighted by Crippen LogP contribution is -2.58. The van der Waals surface area contributed by atoms with Gasteiger partial charge in [-0.05, 0) is 27.7 Å². The molecule has 0 aromatic rings. The van der Waals surface area contributed by atoms with E-state index in [-0.39, 0.29) is 0 Å². The minimum Gasteiger partial charge on any atom is -0.459 e. The molecule has 0 bridgehead atoms. The number of carbonyl (C=O) groups excluding carboxylic acids is 8. The van der Waals surface area contributed by atoms with E-state index in [4.69, 9.17) is 4.74 Å². The molecule has 13 nitrogen and oxygen atoms in total. The van der Waals surface area contributed by atoms with Crippen LogP contribution in [-0.4, -0.2) is 98.8 Å². The van der Waals surface area contributed by atoms with Gasteiger partial charge in [0.25, 0.3) is 35.4 Å². The standard InChI is InChI=1S/C21H24N4O9/c1-13(26)9-24(18(31)10-22-14(27)5-6-15(22)28)25(12-20(33)34-21(2,3)4)19(32)11-23-16(29)7-8-17(23)30/h5-8H,9-12H2,1-4H3. The average Bonchev–Trinajstić information content (AvgIpc) is 3.19. The van der Waals surface area contributed by atoms with Crippen LogP contribution in [0.3, 0.4) is 0 Å². The molecule has 182 valence electrons. The van der Waals surface area contributed by atoms with Gasteiger partial charge >= 0.3 is 5.97 Å². The first-order chi connectivity index (χ1) is 15.7. The molecule has 0 aliphatic carbocycles. The monoisotopic (exact) mass is 476 g/mol. The van der Waals surface area contributed by atoms with Crippen molar-refractivity contribution in [3.05, 3.63) is 24.3 Å². The van der Waals surface area contributed by atoms with Gasteiger partial charge in [0.05, 0.1) is 0 Å². The zero-order valence-corrected chi connectivity index (χ0v) is 19.1. The van der Waals surface area contributed by atoms with Crippen LogP contribution in [0.25, 0.3) is 0 Å². The molecular formula is C21H24N4O9. The number of carbonyl (C=O) groups is 8. The van der Waals surface area contributed by atoms with Gasteiger partial charge in [-0.25, -0.2) is 10.0 Å². The van der Waals surface area contributed by atoms with E-state index in [2.05, 4.69) is 0 Å². The molecule has 0 fully saturated rings. The lowest BCUT2D eigenvalue weighted by molar-refractivity contribution is -0.177. The van der Waals surface area contributed by atoms with Crippen molar-refractivity contribution in [3.8, 4) is 0 Å². The third kappa shape index (κ3) is 6.67. The predicted molar refractivity (Wildman–Crippen MR) is 112 cm³/mol. The summed E-state index contributed by atoms with van der Waals surface area (Å²) in [5, 5.41) is 1.15. The van der Waals surface area contributed by atoms with E-state index in [1.807, 2.05) is 0 Å². The molecule has 0 radical (unpaired) electrons. The zero-order chi connectivity index (χ0) is 25.8. The first-order valence-corrected chi connectivity index (χ1v) is 10.1. The van der Waals surface area contributed by atoms with E-state index < -0.39 is 79.0 Å². The number of hydrogen-bond donors (Lipinski definition) is 0. The van der Waals surface area contributed by atoms with Gasteiger partial charge in [-0.2, -0.15) is 0 Å². The Morgan fingerprint density at radius 1 is 0.735 bits per heavy atom. The van der Waals surface area contributed by atoms with Gasteiger partial charge in [-0.15, -0.1) is 0 Å². The SMILES string of the molecule is CC(=O)CN(C(=O)CN1C(=O)C=CC1=O)N(CC(=O)OC(C)(C)C)C(=O)CN1C(=O)C=CC1=O. The smallest absolute Gasteiger partial charge is 0.328 e. The van der Waals surface area contributed by atoms with Crippen LogP contribution in [0.1, 0.15) is 27.7 Å². The van der Waals surface area contributed by atoms with Gasteiger partial charge in [-0.1, -0.05) is 0 Å². The molecule has 0 spiro atoms. The first-order valence-electron chi connectivity index (χ1n) is 10.1. The molecule has 0 N–H and O–H groups in total. The Morgan fingerprint density at radius 3 is 1.41 bits per heavy atom. The summed E-state index contributed by atoms with van der Waals surface area (Å²) in [5.74, 6) is -6.73. The summed E-state index contributed by atoms with van der Waals surface area (Å²) in [7, 11) is 0. The second kappa shape index (κ2) is 10.2. The summed E-state index contributed by atoms with van der Waals surface area (Å²) in [6.45, 7) is 2.62. The Hall–Kier alpha value is -4.16. The maximum absolute atomic E-state index is 13.1. The number of ketones is 1. The fraction of sp³-hybridized carbons (Fsp3) is 0.429. The molecule has 0 saturated carbocycles. The maximum atomic E-state index is 13.1. The zero-order valence-electron chi connectivity index (χ0n) is 19.1. The normalized spacial score (nSPS) is 15.3. The number of imide groups is 2. The second-order valence-electron chi connectivity index (χ2n) is 8.38. The van der Waals surface area contributed by atoms with Crippen molar-refractivity contribution in [1.29, 1.82) is 0 Å². The van der Waals surface area contributed by atoms with Gasteiger partial charge in [0, 0.05) is 24.3 Å². The number of esters is 1. The molecule has 2 aliphatic rings. The van der Waals surface area contributed by atoms with E-state index >= 15 is 0 Å². The van der Waals surface area contributed by atoms with Gasteiger partial charge in [0.15, 0.2) is 5.78 Å². The number of hydrazine groups is 1. The largest absolute Gasteiger partial charge is 0.459 e. The molecule has 0 saturated heterocycles. The van der Waals surface area contributed by atoms with Crippen molar-refractivity contribution < 1.29 is 43.1 Å². The lowest BCUT2D eigenvalue weighted by atomic mass is 10.2. The average molecular weight is 476 g/mol. The minimum absolute atomic E-state index is 0.565. The molecule has 34 heavy (non-hydrogen) atoms. The molecular weight excluding hydrogens is 452 g/mol. The lowest BCUT2D eigenvalue weighted by Gasteiger charge is -2.35. The fourth-order valence-corrected chi connectivity index (χ4v) is 2.93. The van der Waals surface area contributed by atoms with Crippen molar-refractivity contribution >= 4 is 47.2 Å². The molecule has 2 rings (SSSR count). The third-order valence-electron chi connectivity index (χ3n) is 4.33. The molecule has 0 unspecified atom stereocenters. The third-order valence-corrected chi connectivity index (χ3v) is 4.33. The fourth-order valence-electron chi connectivity index (χ4n) is 2.93. The Labute approximate surface area is 194 Å². The Balaban J connectivity index is 2.34. The Bertz CT molecular complexity index is 986. The highest BCUT2D eigenvalue weighted by Crippen LogP contribution is 2.12. The van der Waals surface area contributed by atoms with E-state index in [1.165, 1.54) is 0 Å². The Kier molecular flexibility index (Phi) is 7.82. The van der Waals surface area contributed by atoms with Crippen LogP contribution in [0.15, 0.2) is 24.3 Å². The van der Waals surface area contributed by atoms with Crippen LogP contribution in [0.5, 0.6) is 0 Å². The molecule has 2 heterocycles. The summed E-state index contributed by atoms with van der Waals surface area (Å²) in [4.78, 5) is 99.0. The minimum atomic E-state index is -1.05. The Morgan fingerprint density at radius 2 is 1.09 bits per heavy atom. The van der Waals surface area contributed by atoms with Gasteiger partial charge in [0.2, 0.25) is 0 Å². The molecule has 13 heteroatoms. The summed E-state index contributed by atoms with van der Waals surface area (Å²) in [6.07, 6.45) is 3.80. The van der Waals surface area contributed by atoms with Crippen molar-refractivity contribution in [2.24, 2.45) is 0 Å². The highest BCUT2D eigenvalue weighted by molar-refractivity contribution is 6.15. The molecule has 0 atom stereocenters. The van der Waals surface area contributed by atoms with E-state index in [9.17, 15) is 38.4 Å². The van der Waals surface area contributed by atoms with Crippen LogP contribution >= 0.6 is 0 Å². The summed E-state index contributed by atoms with van der Waals surface area (Å²) < 4.78 is 5.19. The van der Waals surface area contributed by atoms with Crippen molar-refractivity contribution in [1.82, 2.24) is 19.8 Å². The van der Waals surface area contributed by atoms with E-state index in [0.717, 1.165) is 31.2 Å². The first kappa shape index (κ1) is 26.1. The van der Waals surface area contributed by atoms with Crippen molar-refractivity contribution in [2.75, 3.05) is 26.2 Å². The van der Waals surface area contributed by atoms with Crippen molar-refractivity contribution in [2.45, 2.75) is 33.3 Å². The quantitative estimate of drug-likeness (QED) is 0.227. The van der Waals surface area contributed by atoms with Crippen LogP contribution in [-0.2, 0) is 43.1 Å².